The van der Waals surface area contributed by atoms with E-state index in [4.69, 9.17) is 37.9 Å². The Hall–Kier alpha value is -8.08. The molecule has 0 radical (unpaired) electrons. The van der Waals surface area contributed by atoms with Gasteiger partial charge in [-0.3, -0.25) is 0 Å². The Morgan fingerprint density at radius 2 is 0.905 bits per heavy atom. The van der Waals surface area contributed by atoms with Crippen LogP contribution in [0.25, 0.3) is 0 Å². The van der Waals surface area contributed by atoms with Gasteiger partial charge in [0.2, 0.25) is 0 Å². The van der Waals surface area contributed by atoms with E-state index in [9.17, 15) is 29.4 Å². The summed E-state index contributed by atoms with van der Waals surface area (Å²) in [5, 5.41) is 20.7. The molecule has 0 spiro atoms. The van der Waals surface area contributed by atoms with Crippen molar-refractivity contribution in [3.8, 4) is 23.0 Å². The lowest BCUT2D eigenvalue weighted by molar-refractivity contribution is 0.0127. The van der Waals surface area contributed by atoms with Crippen molar-refractivity contribution >= 4 is 24.1 Å². The van der Waals surface area contributed by atoms with Crippen molar-refractivity contribution in [2.45, 2.75) is 109 Å². The van der Waals surface area contributed by atoms with Crippen LogP contribution in [-0.2, 0) is 29.8 Å². The van der Waals surface area contributed by atoms with Gasteiger partial charge >= 0.3 is 24.1 Å². The summed E-state index contributed by atoms with van der Waals surface area (Å²) in [5.74, 6) is 1.49. The van der Waals surface area contributed by atoms with Crippen LogP contribution in [0.2, 0.25) is 0 Å². The van der Waals surface area contributed by atoms with Gasteiger partial charge in [0, 0.05) is 23.4 Å². The molecule has 16 heteroatoms. The zero-order valence-electron chi connectivity index (χ0n) is 49.1. The number of carbonyl (C=O) groups excluding carboxylic acids is 4. The Morgan fingerprint density at radius 1 is 0.524 bits per heavy atom. The maximum absolute atomic E-state index is 13.5. The summed E-state index contributed by atoms with van der Waals surface area (Å²) < 4.78 is 46.2. The normalized spacial score (nSPS) is 20.3. The minimum Gasteiger partial charge on any atom is -0.491 e. The fraction of sp³-hybridized carbons (Fsp3) is 0.412. The molecule has 2 amide bonds. The number of rotatable bonds is 25. The molecule has 2 heterocycles. The van der Waals surface area contributed by atoms with Crippen molar-refractivity contribution in [2.75, 3.05) is 59.3 Å². The largest absolute Gasteiger partial charge is 0.491 e. The molecular weight excluding hydrogens is 1070 g/mol. The van der Waals surface area contributed by atoms with E-state index in [-0.39, 0.29) is 79.5 Å². The van der Waals surface area contributed by atoms with Crippen LogP contribution in [0.1, 0.15) is 111 Å². The van der Waals surface area contributed by atoms with Gasteiger partial charge in [0.05, 0.1) is 24.2 Å². The molecule has 1 aliphatic carbocycles. The highest BCUT2D eigenvalue weighted by Crippen LogP contribution is 2.49. The van der Waals surface area contributed by atoms with Gasteiger partial charge in [0.15, 0.2) is 12.2 Å². The van der Waals surface area contributed by atoms with Crippen molar-refractivity contribution < 1.29 is 67.3 Å². The van der Waals surface area contributed by atoms with E-state index in [1.165, 1.54) is 0 Å². The number of carbonyl (C=O) groups is 4. The number of benzene rings is 6. The van der Waals surface area contributed by atoms with E-state index in [0.717, 1.165) is 35.1 Å². The van der Waals surface area contributed by atoms with E-state index < -0.39 is 36.4 Å². The maximum Gasteiger partial charge on any atom is 0.410 e. The Labute approximate surface area is 492 Å². The number of aliphatic hydroxyl groups is 2. The van der Waals surface area contributed by atoms with Gasteiger partial charge in [-0.25, -0.2) is 19.2 Å². The molecule has 6 aromatic carbocycles. The molecule has 9 rings (SSSR count). The van der Waals surface area contributed by atoms with Gasteiger partial charge in [-0.05, 0) is 125 Å². The molecule has 1 saturated carbocycles. The van der Waals surface area contributed by atoms with Crippen molar-refractivity contribution in [1.29, 1.82) is 0 Å². The standard InChI is InChI=1S/C68H78N2O14/c1-65(2)34-52(70-37-60(84-64(70)76)43-80-58-32-24-51(25-33-58)67(5,6)49-20-28-56(29-21-49)78-39-54(72)41-82-62(74)47-16-12-9-13-17-47)35-68(7,44-65)45-69-36-59(83-63(69)75)42-79-57-30-22-50(23-31-57)66(3,4)48-18-26-55(27-19-48)77-38-53(71)40-81-61(73)46-14-10-8-11-15-46/h8-33,52-54,59-60,71-72H,34-45H2,1-7H3. The second-order valence-corrected chi connectivity index (χ2v) is 24.6. The second-order valence-electron chi connectivity index (χ2n) is 24.6. The average Bonchev–Trinajstić information content (AvgIpc) is 2.23. The van der Waals surface area contributed by atoms with E-state index >= 15 is 0 Å². The highest BCUT2D eigenvalue weighted by Gasteiger charge is 2.49. The first-order valence-corrected chi connectivity index (χ1v) is 28.8. The van der Waals surface area contributed by atoms with Gasteiger partial charge in [-0.2, -0.15) is 0 Å². The van der Waals surface area contributed by atoms with Crippen molar-refractivity contribution in [3.05, 3.63) is 191 Å². The molecule has 0 aromatic heterocycles. The molecule has 16 nitrogen and oxygen atoms in total. The number of aliphatic hydroxyl groups excluding tert-OH is 2. The fourth-order valence-corrected chi connectivity index (χ4v) is 11.8. The number of cyclic esters (lactones) is 2. The van der Waals surface area contributed by atoms with Crippen LogP contribution in [0, 0.1) is 10.8 Å². The number of amides is 2. The number of hydrogen-bond acceptors (Lipinski definition) is 14. The molecule has 3 fully saturated rings. The Kier molecular flexibility index (Phi) is 18.9. The van der Waals surface area contributed by atoms with Gasteiger partial charge in [-0.1, -0.05) is 133 Å². The van der Waals surface area contributed by atoms with Crippen molar-refractivity contribution in [2.24, 2.45) is 10.8 Å². The molecule has 6 unspecified atom stereocenters. The van der Waals surface area contributed by atoms with Crippen molar-refractivity contribution in [1.82, 2.24) is 9.80 Å². The molecule has 0 bridgehead atoms. The van der Waals surface area contributed by atoms with Crippen molar-refractivity contribution in [3.63, 3.8) is 0 Å². The maximum atomic E-state index is 13.5. The molecular formula is C68H78N2O14. The molecule has 2 saturated heterocycles. The predicted molar refractivity (Wildman–Crippen MR) is 316 cm³/mol. The van der Waals surface area contributed by atoms with Crippen LogP contribution < -0.4 is 18.9 Å². The lowest BCUT2D eigenvalue weighted by Crippen LogP contribution is -2.51. The van der Waals surface area contributed by atoms with E-state index in [2.05, 4.69) is 48.5 Å². The van der Waals surface area contributed by atoms with Gasteiger partial charge < -0.3 is 57.9 Å². The lowest BCUT2D eigenvalue weighted by atomic mass is 9.62. The summed E-state index contributed by atoms with van der Waals surface area (Å²) >= 11 is 0. The predicted octanol–water partition coefficient (Wildman–Crippen LogP) is 11.2. The zero-order valence-corrected chi connectivity index (χ0v) is 49.1. The first kappa shape index (κ1) is 60.5. The third-order valence-electron chi connectivity index (χ3n) is 16.2. The van der Waals surface area contributed by atoms with Crippen LogP contribution in [-0.4, -0.2) is 134 Å². The smallest absolute Gasteiger partial charge is 0.410 e. The highest BCUT2D eigenvalue weighted by atomic mass is 16.6. The molecule has 2 N–H and O–H groups in total. The van der Waals surface area contributed by atoms with Gasteiger partial charge in [0.1, 0.15) is 74.8 Å². The first-order valence-electron chi connectivity index (χ1n) is 28.8. The summed E-state index contributed by atoms with van der Waals surface area (Å²) in [4.78, 5) is 55.0. The molecule has 2 aliphatic heterocycles. The quantitative estimate of drug-likeness (QED) is 0.0407. The van der Waals surface area contributed by atoms with Crippen LogP contribution in [0.15, 0.2) is 158 Å². The number of ether oxygens (including phenoxy) is 8. The summed E-state index contributed by atoms with van der Waals surface area (Å²) in [7, 11) is 0. The topological polar surface area (TPSA) is 189 Å². The van der Waals surface area contributed by atoms with Crippen LogP contribution in [0.4, 0.5) is 9.59 Å². The van der Waals surface area contributed by atoms with E-state index in [1.807, 2.05) is 114 Å². The van der Waals surface area contributed by atoms with Gasteiger partial charge in [-0.15, -0.1) is 0 Å². The third kappa shape index (κ3) is 15.6. The molecule has 444 valence electrons. The number of hydrogen-bond donors (Lipinski definition) is 2. The molecule has 84 heavy (non-hydrogen) atoms. The number of esters is 2. The van der Waals surface area contributed by atoms with E-state index in [1.54, 1.807) is 53.4 Å². The average molecular weight is 1150 g/mol. The van der Waals surface area contributed by atoms with Crippen LogP contribution >= 0.6 is 0 Å². The van der Waals surface area contributed by atoms with Gasteiger partial charge in [0.25, 0.3) is 0 Å². The Bertz CT molecular complexity index is 3150. The lowest BCUT2D eigenvalue weighted by Gasteiger charge is -2.49. The summed E-state index contributed by atoms with van der Waals surface area (Å²) in [5.41, 5.74) is 3.97. The first-order chi connectivity index (χ1) is 40.1. The summed E-state index contributed by atoms with van der Waals surface area (Å²) in [6, 6.07) is 48.4. The highest BCUT2D eigenvalue weighted by molar-refractivity contribution is 5.89. The molecule has 6 aromatic rings. The fourth-order valence-electron chi connectivity index (χ4n) is 11.8. The SMILES string of the molecule is CC1(C)CC(N2CC(COc3ccc(C(C)(C)c4ccc(OCC(O)COC(=O)c5ccccc5)cc4)cc3)OC2=O)CC(C)(CN2CC(COc3ccc(C(C)(C)c4ccc(OCC(O)COC(=O)c5ccccc5)cc4)cc3)OC2=O)C1. The minimum absolute atomic E-state index is 0.0329. The minimum atomic E-state index is -0.986. The summed E-state index contributed by atoms with van der Waals surface area (Å²) in [6.07, 6.45) is -1.22. The Balaban J connectivity index is 0.696. The summed E-state index contributed by atoms with van der Waals surface area (Å²) in [6.45, 7) is 16.4. The monoisotopic (exact) mass is 1150 g/mol. The molecule has 3 aliphatic rings. The molecule has 6 atom stereocenters. The third-order valence-corrected chi connectivity index (χ3v) is 16.2. The second kappa shape index (κ2) is 26.2. The zero-order chi connectivity index (χ0) is 59.7. The van der Waals surface area contributed by atoms with Crippen LogP contribution in [0.5, 0.6) is 23.0 Å². The van der Waals surface area contributed by atoms with E-state index in [0.29, 0.717) is 60.2 Å². The number of nitrogens with zero attached hydrogens (tertiary/aromatic N) is 2. The Morgan fingerprint density at radius 3 is 1.32 bits per heavy atom. The van der Waals surface area contributed by atoms with Crippen LogP contribution in [0.3, 0.4) is 0 Å².